The second-order valence-corrected chi connectivity index (χ2v) is 7.40. The number of hydrogen-bond donors (Lipinski definition) is 0. The van der Waals surface area contributed by atoms with Gasteiger partial charge in [-0.1, -0.05) is 24.3 Å². The Kier molecular flexibility index (Phi) is 4.51. The Bertz CT molecular complexity index is 937. The lowest BCUT2D eigenvalue weighted by atomic mass is 10.2. The van der Waals surface area contributed by atoms with Crippen LogP contribution in [0.4, 0.5) is 4.39 Å². The molecule has 2 heterocycles. The van der Waals surface area contributed by atoms with Gasteiger partial charge in [0.25, 0.3) is 5.91 Å². The zero-order chi connectivity index (χ0) is 18.1. The third kappa shape index (κ3) is 3.37. The quantitative estimate of drug-likeness (QED) is 0.669. The first-order valence-corrected chi connectivity index (χ1v) is 9.38. The van der Waals surface area contributed by atoms with E-state index in [0.29, 0.717) is 16.1 Å². The lowest BCUT2D eigenvalue weighted by Crippen LogP contribution is -2.32. The van der Waals surface area contributed by atoms with E-state index >= 15 is 0 Å². The summed E-state index contributed by atoms with van der Waals surface area (Å²) in [6.45, 7) is 2.12. The Hall–Kier alpha value is -2.60. The molecule has 0 atom stereocenters. The first-order chi connectivity index (χ1) is 12.6. The summed E-state index contributed by atoms with van der Waals surface area (Å²) in [6.07, 6.45) is 3.64. The van der Waals surface area contributed by atoms with Crippen LogP contribution in [0.2, 0.25) is 0 Å². The van der Waals surface area contributed by atoms with Gasteiger partial charge in [-0.2, -0.15) is 0 Å². The fraction of sp³-hybridized carbons (Fsp3) is 0.250. The van der Waals surface area contributed by atoms with Gasteiger partial charge in [0, 0.05) is 24.3 Å². The van der Waals surface area contributed by atoms with Crippen LogP contribution in [0, 0.1) is 12.7 Å². The Labute approximate surface area is 155 Å². The molecule has 0 radical (unpaired) electrons. The lowest BCUT2D eigenvalue weighted by Gasteiger charge is -2.22. The van der Waals surface area contributed by atoms with Crippen LogP contribution in [0.5, 0.6) is 0 Å². The molecule has 1 aliphatic rings. The van der Waals surface area contributed by atoms with Gasteiger partial charge >= 0.3 is 0 Å². The normalized spacial score (nSPS) is 13.6. The van der Waals surface area contributed by atoms with Crippen molar-refractivity contribution in [2.45, 2.75) is 32.4 Å². The molecule has 1 aliphatic carbocycles. The predicted molar refractivity (Wildman–Crippen MR) is 99.4 cm³/mol. The van der Waals surface area contributed by atoms with Crippen LogP contribution in [0.25, 0.3) is 10.7 Å². The topological polar surface area (TPSA) is 46.1 Å². The summed E-state index contributed by atoms with van der Waals surface area (Å²) in [5, 5.41) is 0.730. The molecule has 0 unspecified atom stereocenters. The predicted octanol–water partition coefficient (Wildman–Crippen LogP) is 4.46. The number of pyridine rings is 1. The van der Waals surface area contributed by atoms with Crippen molar-refractivity contribution < 1.29 is 9.18 Å². The smallest absolute Gasteiger partial charge is 0.266 e. The van der Waals surface area contributed by atoms with Crippen molar-refractivity contribution >= 4 is 17.2 Å². The Morgan fingerprint density at radius 2 is 2.00 bits per heavy atom. The van der Waals surface area contributed by atoms with E-state index in [1.165, 1.54) is 17.4 Å². The molecule has 1 saturated carbocycles. The number of carbonyl (C=O) groups is 1. The van der Waals surface area contributed by atoms with Crippen LogP contribution in [-0.4, -0.2) is 26.8 Å². The number of nitrogens with zero attached hydrogens (tertiary/aromatic N) is 3. The zero-order valence-electron chi connectivity index (χ0n) is 14.4. The first kappa shape index (κ1) is 16.8. The molecule has 0 aliphatic heterocycles. The highest BCUT2D eigenvalue weighted by Gasteiger charge is 2.35. The maximum absolute atomic E-state index is 14.0. The van der Waals surface area contributed by atoms with E-state index in [4.69, 9.17) is 0 Å². The summed E-state index contributed by atoms with van der Waals surface area (Å²) in [6, 6.07) is 12.4. The van der Waals surface area contributed by atoms with Crippen LogP contribution < -0.4 is 0 Å². The molecule has 3 aromatic rings. The molecular formula is C20H18FN3OS. The van der Waals surface area contributed by atoms with E-state index in [-0.39, 0.29) is 24.3 Å². The highest BCUT2D eigenvalue weighted by Crippen LogP contribution is 2.33. The van der Waals surface area contributed by atoms with E-state index in [1.807, 2.05) is 25.1 Å². The molecule has 132 valence electrons. The average Bonchev–Trinajstić information content (AvgIpc) is 3.42. The largest absolute Gasteiger partial charge is 0.330 e. The van der Waals surface area contributed by atoms with Gasteiger partial charge in [0.15, 0.2) is 0 Å². The van der Waals surface area contributed by atoms with Crippen LogP contribution in [0.15, 0.2) is 48.7 Å². The number of benzene rings is 1. The van der Waals surface area contributed by atoms with Crippen LogP contribution in [-0.2, 0) is 6.54 Å². The van der Waals surface area contributed by atoms with E-state index in [2.05, 4.69) is 9.97 Å². The maximum Gasteiger partial charge on any atom is 0.266 e. The molecule has 26 heavy (non-hydrogen) atoms. The van der Waals surface area contributed by atoms with Crippen molar-refractivity contribution in [3.63, 3.8) is 0 Å². The molecule has 1 amide bonds. The van der Waals surface area contributed by atoms with E-state index < -0.39 is 0 Å². The molecule has 4 nitrogen and oxygen atoms in total. The number of rotatable bonds is 5. The monoisotopic (exact) mass is 367 g/mol. The minimum atomic E-state index is -0.277. The van der Waals surface area contributed by atoms with Gasteiger partial charge in [-0.05, 0) is 38.0 Å². The van der Waals surface area contributed by atoms with Crippen LogP contribution in [0.3, 0.4) is 0 Å². The molecule has 0 bridgehead atoms. The van der Waals surface area contributed by atoms with Crippen molar-refractivity contribution in [2.75, 3.05) is 0 Å². The highest BCUT2D eigenvalue weighted by molar-refractivity contribution is 7.17. The fourth-order valence-corrected chi connectivity index (χ4v) is 3.89. The maximum atomic E-state index is 14.0. The Balaban J connectivity index is 1.63. The highest BCUT2D eigenvalue weighted by atomic mass is 32.1. The van der Waals surface area contributed by atoms with E-state index in [1.54, 1.807) is 29.3 Å². The minimum absolute atomic E-state index is 0.0760. The fourth-order valence-electron chi connectivity index (χ4n) is 2.89. The summed E-state index contributed by atoms with van der Waals surface area (Å²) < 4.78 is 14.0. The number of amides is 1. The van der Waals surface area contributed by atoms with Crippen LogP contribution in [0.1, 0.15) is 33.8 Å². The average molecular weight is 367 g/mol. The summed E-state index contributed by atoms with van der Waals surface area (Å²) >= 11 is 1.35. The molecular weight excluding hydrogens is 349 g/mol. The minimum Gasteiger partial charge on any atom is -0.330 e. The second-order valence-electron chi connectivity index (χ2n) is 6.40. The number of aryl methyl sites for hydroxylation is 1. The molecule has 2 aromatic heterocycles. The molecule has 0 spiro atoms. The van der Waals surface area contributed by atoms with Crippen molar-refractivity contribution in [3.8, 4) is 10.7 Å². The second kappa shape index (κ2) is 6.96. The molecule has 1 aromatic carbocycles. The van der Waals surface area contributed by atoms with E-state index in [9.17, 15) is 9.18 Å². The molecule has 0 saturated heterocycles. The van der Waals surface area contributed by atoms with Crippen molar-refractivity contribution in [2.24, 2.45) is 0 Å². The Morgan fingerprint density at radius 1 is 1.23 bits per heavy atom. The third-order valence-corrected chi connectivity index (χ3v) is 5.59. The van der Waals surface area contributed by atoms with Crippen molar-refractivity contribution in [1.82, 2.24) is 14.9 Å². The van der Waals surface area contributed by atoms with Gasteiger partial charge in [0.2, 0.25) is 0 Å². The summed E-state index contributed by atoms with van der Waals surface area (Å²) in [5.41, 5.74) is 1.99. The van der Waals surface area contributed by atoms with Gasteiger partial charge in [0.1, 0.15) is 15.7 Å². The van der Waals surface area contributed by atoms with Gasteiger partial charge in [-0.15, -0.1) is 11.3 Å². The van der Waals surface area contributed by atoms with E-state index in [0.717, 1.165) is 23.5 Å². The van der Waals surface area contributed by atoms with Gasteiger partial charge in [0.05, 0.1) is 11.4 Å². The number of halogens is 1. The number of hydrogen-bond acceptors (Lipinski definition) is 4. The molecule has 6 heteroatoms. The summed E-state index contributed by atoms with van der Waals surface area (Å²) in [4.78, 5) is 24.4. The van der Waals surface area contributed by atoms with Crippen molar-refractivity contribution in [3.05, 3.63) is 70.6 Å². The van der Waals surface area contributed by atoms with Crippen molar-refractivity contribution in [1.29, 1.82) is 0 Å². The zero-order valence-corrected chi connectivity index (χ0v) is 15.2. The lowest BCUT2D eigenvalue weighted by molar-refractivity contribution is 0.0732. The van der Waals surface area contributed by atoms with Gasteiger partial charge < -0.3 is 4.90 Å². The summed E-state index contributed by atoms with van der Waals surface area (Å²) in [7, 11) is 0. The standard InChI is InChI=1S/C20H18FN3OS/c1-13-18(26-19(23-13)17-8-4-5-11-22-17)20(25)24(15-9-10-15)12-14-6-2-3-7-16(14)21/h2-8,11,15H,9-10,12H2,1H3. The Morgan fingerprint density at radius 3 is 2.69 bits per heavy atom. The number of thiazole rings is 1. The summed E-state index contributed by atoms with van der Waals surface area (Å²) in [5.74, 6) is -0.353. The number of carbonyl (C=O) groups excluding carboxylic acids is 1. The van der Waals surface area contributed by atoms with Gasteiger partial charge in [-0.3, -0.25) is 9.78 Å². The first-order valence-electron chi connectivity index (χ1n) is 8.56. The number of aromatic nitrogens is 2. The SMILES string of the molecule is Cc1nc(-c2ccccn2)sc1C(=O)N(Cc1ccccc1F)C1CC1. The molecule has 0 N–H and O–H groups in total. The van der Waals surface area contributed by atoms with Gasteiger partial charge in [-0.25, -0.2) is 9.37 Å². The third-order valence-electron chi connectivity index (χ3n) is 4.42. The molecule has 4 rings (SSSR count). The van der Waals surface area contributed by atoms with Crippen LogP contribution >= 0.6 is 11.3 Å². The molecule has 1 fully saturated rings.